The summed E-state index contributed by atoms with van der Waals surface area (Å²) in [5.74, 6) is -0.341. The molecule has 1 aliphatic heterocycles. The first-order valence-corrected chi connectivity index (χ1v) is 9.49. The van der Waals surface area contributed by atoms with Crippen LogP contribution in [0.15, 0.2) is 11.1 Å². The van der Waals surface area contributed by atoms with Gasteiger partial charge in [-0.15, -0.1) is 0 Å². The molecule has 0 aliphatic carbocycles. The molecular weight excluding hydrogens is 354 g/mol. The maximum absolute atomic E-state index is 12.5. The van der Waals surface area contributed by atoms with Crippen molar-refractivity contribution >= 4 is 23.6 Å². The third-order valence-electron chi connectivity index (χ3n) is 3.90. The lowest BCUT2D eigenvalue weighted by molar-refractivity contribution is -0.140. The fraction of sp³-hybridized carbons (Fsp3) is 0.556. The van der Waals surface area contributed by atoms with Crippen molar-refractivity contribution in [2.75, 3.05) is 25.4 Å². The zero-order valence-electron chi connectivity index (χ0n) is 15.4. The standard InChI is InChI=1S/C18H23N3O4S/c1-5-24-18(23)15-6-14(7-19)17(20-13(15)4)26-10-16(22)21-8-11(2)25-12(3)9-21/h6,11-12H,5,8-10H2,1-4H3/t11-,12-/m0/s1. The van der Waals surface area contributed by atoms with Gasteiger partial charge in [-0.05, 0) is 33.8 Å². The van der Waals surface area contributed by atoms with E-state index in [4.69, 9.17) is 9.47 Å². The molecule has 2 rings (SSSR count). The Morgan fingerprint density at radius 2 is 2.08 bits per heavy atom. The van der Waals surface area contributed by atoms with Crippen LogP contribution >= 0.6 is 11.8 Å². The lowest BCUT2D eigenvalue weighted by Crippen LogP contribution is -2.48. The zero-order valence-corrected chi connectivity index (χ0v) is 16.3. The van der Waals surface area contributed by atoms with E-state index in [1.807, 2.05) is 19.9 Å². The Bertz CT molecular complexity index is 722. The van der Waals surface area contributed by atoms with Gasteiger partial charge < -0.3 is 14.4 Å². The number of carbonyl (C=O) groups is 2. The summed E-state index contributed by atoms with van der Waals surface area (Å²) in [6.07, 6.45) is 0.0122. The lowest BCUT2D eigenvalue weighted by atomic mass is 10.1. The molecule has 140 valence electrons. The number of pyridine rings is 1. The largest absolute Gasteiger partial charge is 0.462 e. The van der Waals surface area contributed by atoms with Crippen molar-refractivity contribution in [3.05, 3.63) is 22.9 Å². The van der Waals surface area contributed by atoms with Gasteiger partial charge in [-0.1, -0.05) is 11.8 Å². The first-order chi connectivity index (χ1) is 12.3. The molecule has 1 saturated heterocycles. The van der Waals surface area contributed by atoms with Crippen LogP contribution in [0.25, 0.3) is 0 Å². The molecule has 0 unspecified atom stereocenters. The molecule has 0 saturated carbocycles. The number of aryl methyl sites for hydroxylation is 1. The van der Waals surface area contributed by atoms with Gasteiger partial charge in [0.05, 0.1) is 41.4 Å². The van der Waals surface area contributed by atoms with Gasteiger partial charge in [-0.25, -0.2) is 9.78 Å². The van der Waals surface area contributed by atoms with Crippen LogP contribution in [0.1, 0.15) is 42.4 Å². The molecule has 0 radical (unpaired) electrons. The molecule has 0 aromatic carbocycles. The molecule has 7 nitrogen and oxygen atoms in total. The summed E-state index contributed by atoms with van der Waals surface area (Å²) in [5.41, 5.74) is 1.01. The van der Waals surface area contributed by atoms with E-state index in [1.54, 1.807) is 18.7 Å². The number of esters is 1. The summed E-state index contributed by atoms with van der Waals surface area (Å²) >= 11 is 1.21. The minimum Gasteiger partial charge on any atom is -0.462 e. The fourth-order valence-electron chi connectivity index (χ4n) is 2.79. The summed E-state index contributed by atoms with van der Waals surface area (Å²) in [7, 11) is 0. The van der Waals surface area contributed by atoms with Gasteiger partial charge in [-0.2, -0.15) is 5.26 Å². The fourth-order valence-corrected chi connectivity index (χ4v) is 3.70. The summed E-state index contributed by atoms with van der Waals surface area (Å²) < 4.78 is 10.6. The zero-order chi connectivity index (χ0) is 19.3. The smallest absolute Gasteiger partial charge is 0.340 e. The summed E-state index contributed by atoms with van der Waals surface area (Å²) in [4.78, 5) is 30.5. The number of rotatable bonds is 5. The summed E-state index contributed by atoms with van der Waals surface area (Å²) in [6.45, 7) is 8.65. The molecule has 1 aromatic heterocycles. The van der Waals surface area contributed by atoms with E-state index in [0.717, 1.165) is 0 Å². The van der Waals surface area contributed by atoms with Crippen molar-refractivity contribution in [3.8, 4) is 6.07 Å². The first-order valence-electron chi connectivity index (χ1n) is 8.50. The number of aromatic nitrogens is 1. The van der Waals surface area contributed by atoms with Crippen LogP contribution in [0, 0.1) is 18.3 Å². The number of morpholine rings is 1. The summed E-state index contributed by atoms with van der Waals surface area (Å²) in [5, 5.41) is 9.81. The maximum Gasteiger partial charge on any atom is 0.340 e. The molecule has 0 N–H and O–H groups in total. The average molecular weight is 377 g/mol. The molecule has 26 heavy (non-hydrogen) atoms. The van der Waals surface area contributed by atoms with E-state index in [1.165, 1.54) is 17.8 Å². The Hall–Kier alpha value is -2.11. The minimum absolute atomic E-state index is 0.00611. The molecule has 1 aromatic rings. The van der Waals surface area contributed by atoms with Crippen LogP contribution in [0.3, 0.4) is 0 Å². The van der Waals surface area contributed by atoms with Gasteiger partial charge in [0, 0.05) is 13.1 Å². The van der Waals surface area contributed by atoms with E-state index in [9.17, 15) is 14.9 Å². The predicted molar refractivity (Wildman–Crippen MR) is 97.0 cm³/mol. The Balaban J connectivity index is 2.09. The minimum atomic E-state index is -0.502. The van der Waals surface area contributed by atoms with Crippen LogP contribution in [0.2, 0.25) is 0 Å². The first kappa shape index (κ1) is 20.2. The van der Waals surface area contributed by atoms with E-state index in [2.05, 4.69) is 4.98 Å². The van der Waals surface area contributed by atoms with Crippen molar-refractivity contribution in [1.82, 2.24) is 9.88 Å². The number of hydrogen-bond acceptors (Lipinski definition) is 7. The van der Waals surface area contributed by atoms with Crippen LogP contribution in [-0.2, 0) is 14.3 Å². The number of nitrogens with zero attached hydrogens (tertiary/aromatic N) is 3. The molecular formula is C18H23N3O4S. The number of amides is 1. The average Bonchev–Trinajstić information content (AvgIpc) is 2.58. The normalized spacial score (nSPS) is 19.7. The van der Waals surface area contributed by atoms with Crippen LogP contribution in [0.4, 0.5) is 0 Å². The number of thioether (sulfide) groups is 1. The van der Waals surface area contributed by atoms with Gasteiger partial charge in [-0.3, -0.25) is 4.79 Å². The molecule has 8 heteroatoms. The van der Waals surface area contributed by atoms with Gasteiger partial charge >= 0.3 is 5.97 Å². The second kappa shape index (κ2) is 9.01. The highest BCUT2D eigenvalue weighted by atomic mass is 32.2. The molecule has 2 atom stereocenters. The van der Waals surface area contributed by atoms with Crippen molar-refractivity contribution in [2.45, 2.75) is 44.9 Å². The molecule has 2 heterocycles. The highest BCUT2D eigenvalue weighted by Crippen LogP contribution is 2.24. The molecule has 1 fully saturated rings. The predicted octanol–water partition coefficient (Wildman–Crippen LogP) is 2.17. The van der Waals surface area contributed by atoms with Crippen LogP contribution in [0.5, 0.6) is 0 Å². The van der Waals surface area contributed by atoms with E-state index in [0.29, 0.717) is 23.8 Å². The quantitative estimate of drug-likeness (QED) is 0.573. The SMILES string of the molecule is CCOC(=O)c1cc(C#N)c(SCC(=O)N2C[C@H](C)O[C@@H](C)C2)nc1C. The number of ether oxygens (including phenoxy) is 2. The van der Waals surface area contributed by atoms with Crippen LogP contribution < -0.4 is 0 Å². The Kier molecular flexibility index (Phi) is 7.00. The monoisotopic (exact) mass is 377 g/mol. The number of nitriles is 1. The van der Waals surface area contributed by atoms with E-state index >= 15 is 0 Å². The van der Waals surface area contributed by atoms with Gasteiger partial charge in [0.15, 0.2) is 0 Å². The Labute approximate surface area is 157 Å². The van der Waals surface area contributed by atoms with Crippen molar-refractivity contribution in [3.63, 3.8) is 0 Å². The van der Waals surface area contributed by atoms with Crippen molar-refractivity contribution in [1.29, 1.82) is 5.26 Å². The third kappa shape index (κ3) is 4.96. The maximum atomic E-state index is 12.5. The number of hydrogen-bond donors (Lipinski definition) is 0. The van der Waals surface area contributed by atoms with Gasteiger partial charge in [0.2, 0.25) is 5.91 Å². The molecule has 0 spiro atoms. The van der Waals surface area contributed by atoms with Gasteiger partial charge in [0.1, 0.15) is 11.1 Å². The Morgan fingerprint density at radius 3 is 2.65 bits per heavy atom. The molecule has 1 aliphatic rings. The van der Waals surface area contributed by atoms with Crippen molar-refractivity contribution in [2.24, 2.45) is 0 Å². The van der Waals surface area contributed by atoms with E-state index in [-0.39, 0.29) is 41.6 Å². The topological polar surface area (TPSA) is 92.5 Å². The third-order valence-corrected chi connectivity index (χ3v) is 4.87. The lowest BCUT2D eigenvalue weighted by Gasteiger charge is -2.35. The van der Waals surface area contributed by atoms with Crippen molar-refractivity contribution < 1.29 is 19.1 Å². The second-order valence-corrected chi connectivity index (χ2v) is 7.12. The Morgan fingerprint density at radius 1 is 1.42 bits per heavy atom. The highest BCUT2D eigenvalue weighted by Gasteiger charge is 2.26. The second-order valence-electron chi connectivity index (χ2n) is 6.15. The highest BCUT2D eigenvalue weighted by molar-refractivity contribution is 8.00. The molecule has 0 bridgehead atoms. The van der Waals surface area contributed by atoms with Gasteiger partial charge in [0.25, 0.3) is 0 Å². The number of carbonyl (C=O) groups excluding carboxylic acids is 2. The molecule has 1 amide bonds. The van der Waals surface area contributed by atoms with E-state index < -0.39 is 5.97 Å². The summed E-state index contributed by atoms with van der Waals surface area (Å²) in [6, 6.07) is 3.52. The van der Waals surface area contributed by atoms with Crippen LogP contribution in [-0.4, -0.2) is 59.4 Å².